The van der Waals surface area contributed by atoms with E-state index in [4.69, 9.17) is 10.8 Å². The van der Waals surface area contributed by atoms with Crippen LogP contribution < -0.4 is 5.73 Å². The Morgan fingerprint density at radius 1 is 1.24 bits per heavy atom. The first kappa shape index (κ1) is 18.5. The molecule has 3 heteroatoms. The van der Waals surface area contributed by atoms with Gasteiger partial charge in [0.25, 0.3) is 0 Å². The van der Waals surface area contributed by atoms with Crippen LogP contribution in [0.2, 0.25) is 0 Å². The Morgan fingerprint density at radius 2 is 1.65 bits per heavy atom. The van der Waals surface area contributed by atoms with Gasteiger partial charge in [0.05, 0.1) is 6.26 Å². The first-order valence-electron chi connectivity index (χ1n) is 5.76. The molecule has 0 saturated carbocycles. The molecule has 3 N–H and O–H groups in total. The number of hydrogen-bond acceptors (Lipinski definition) is 3. The normalized spacial score (nSPS) is 14.2. The van der Waals surface area contributed by atoms with E-state index >= 15 is 0 Å². The quantitative estimate of drug-likeness (QED) is 0.394. The molecule has 0 aromatic heterocycles. The number of rotatable bonds is 2. The van der Waals surface area contributed by atoms with Crippen LogP contribution in [0.3, 0.4) is 0 Å². The van der Waals surface area contributed by atoms with Crippen molar-refractivity contribution in [2.45, 2.75) is 41.5 Å². The van der Waals surface area contributed by atoms with Crippen LogP contribution in [0.25, 0.3) is 0 Å². The summed E-state index contributed by atoms with van der Waals surface area (Å²) in [7, 11) is 0. The van der Waals surface area contributed by atoms with E-state index in [1.54, 1.807) is 0 Å². The third kappa shape index (κ3) is 11.4. The summed E-state index contributed by atoms with van der Waals surface area (Å²) < 4.78 is 0. The van der Waals surface area contributed by atoms with Gasteiger partial charge < -0.3 is 10.8 Å². The number of thiol groups is 1. The van der Waals surface area contributed by atoms with Crippen LogP contribution in [-0.4, -0.2) is 10.9 Å². The predicted molar refractivity (Wildman–Crippen MR) is 81.4 cm³/mol. The Kier molecular flexibility index (Phi) is 10.1. The van der Waals surface area contributed by atoms with E-state index < -0.39 is 0 Å². The van der Waals surface area contributed by atoms with E-state index in [9.17, 15) is 0 Å². The minimum Gasteiger partial charge on any atom is -0.515 e. The van der Waals surface area contributed by atoms with Crippen LogP contribution in [0.15, 0.2) is 35.3 Å². The van der Waals surface area contributed by atoms with E-state index in [1.165, 1.54) is 0 Å². The van der Waals surface area contributed by atoms with E-state index in [2.05, 4.69) is 33.4 Å². The summed E-state index contributed by atoms with van der Waals surface area (Å²) in [6.07, 6.45) is 4.98. The van der Waals surface area contributed by atoms with E-state index in [-0.39, 0.29) is 5.41 Å². The van der Waals surface area contributed by atoms with Crippen molar-refractivity contribution < 1.29 is 5.11 Å². The van der Waals surface area contributed by atoms with Crippen molar-refractivity contribution in [1.82, 2.24) is 0 Å². The van der Waals surface area contributed by atoms with Crippen LogP contribution >= 0.6 is 12.6 Å². The van der Waals surface area contributed by atoms with Crippen LogP contribution in [0.5, 0.6) is 0 Å². The lowest BCUT2D eigenvalue weighted by Crippen LogP contribution is -2.09. The third-order valence-corrected chi connectivity index (χ3v) is 1.84. The molecule has 0 unspecified atom stereocenters. The monoisotopic (exact) mass is 257 g/mol. The summed E-state index contributed by atoms with van der Waals surface area (Å²) >= 11 is 3.79. The Morgan fingerprint density at radius 3 is 1.88 bits per heavy atom. The fourth-order valence-corrected chi connectivity index (χ4v) is 1.00. The van der Waals surface area contributed by atoms with E-state index in [0.29, 0.717) is 0 Å². The van der Waals surface area contributed by atoms with Crippen molar-refractivity contribution in [3.05, 3.63) is 35.3 Å². The molecule has 0 heterocycles. The van der Waals surface area contributed by atoms with Gasteiger partial charge in [-0.2, -0.15) is 12.6 Å². The molecule has 0 aliphatic carbocycles. The summed E-state index contributed by atoms with van der Waals surface area (Å²) in [5, 5.41) is 8.82. The van der Waals surface area contributed by atoms with Gasteiger partial charge in [-0.1, -0.05) is 33.8 Å². The second kappa shape index (κ2) is 9.23. The van der Waals surface area contributed by atoms with E-state index in [1.807, 2.05) is 32.9 Å². The van der Waals surface area contributed by atoms with Crippen molar-refractivity contribution in [3.8, 4) is 0 Å². The van der Waals surface area contributed by atoms with E-state index in [0.717, 1.165) is 28.9 Å². The molecule has 0 rings (SSSR count). The highest BCUT2D eigenvalue weighted by Crippen LogP contribution is 2.27. The van der Waals surface area contributed by atoms with Gasteiger partial charge in [-0.05, 0) is 42.2 Å². The van der Waals surface area contributed by atoms with Crippen molar-refractivity contribution in [2.24, 2.45) is 11.1 Å². The first-order valence-corrected chi connectivity index (χ1v) is 6.40. The van der Waals surface area contributed by atoms with Gasteiger partial charge in [0.15, 0.2) is 0 Å². The second-order valence-corrected chi connectivity index (χ2v) is 5.56. The van der Waals surface area contributed by atoms with Crippen molar-refractivity contribution >= 4 is 12.6 Å². The molecule has 0 saturated heterocycles. The summed E-state index contributed by atoms with van der Waals surface area (Å²) in [5.74, 6) is 0.944. The molecule has 0 aromatic rings. The van der Waals surface area contributed by atoms with Crippen LogP contribution in [0.4, 0.5) is 0 Å². The highest BCUT2D eigenvalue weighted by molar-refractivity contribution is 7.80. The zero-order valence-electron chi connectivity index (χ0n) is 11.9. The Balaban J connectivity index is 0. The zero-order valence-corrected chi connectivity index (χ0v) is 12.8. The minimum atomic E-state index is 0.0326. The summed E-state index contributed by atoms with van der Waals surface area (Å²) in [6, 6.07) is 0. The van der Waals surface area contributed by atoms with Gasteiger partial charge in [-0.15, -0.1) is 0 Å². The van der Waals surface area contributed by atoms with Crippen molar-refractivity contribution in [3.63, 3.8) is 0 Å². The number of allylic oxidation sites excluding steroid dienone is 5. The highest BCUT2D eigenvalue weighted by Gasteiger charge is 2.14. The van der Waals surface area contributed by atoms with Crippen LogP contribution in [0, 0.1) is 5.41 Å². The molecule has 0 aliphatic heterocycles. The number of hydrogen-bond donors (Lipinski definition) is 3. The molecule has 17 heavy (non-hydrogen) atoms. The average molecular weight is 257 g/mol. The molecule has 0 aromatic carbocycles. The number of aliphatic hydroxyl groups is 1. The number of aliphatic hydroxyl groups excluding tert-OH is 1. The smallest absolute Gasteiger partial charge is 0.0820 e. The standard InChI is InChI=1S/C12H21NO.C2H6S/c1-9(8-14)6-11(7-10(2)13)12(3,4)5;1-2-3/h6-8,14H,13H2,1-5H3;3H,2H2,1H3/b9-8+,10-7+,11-6+;. The summed E-state index contributed by atoms with van der Waals surface area (Å²) in [6.45, 7) is 12.0. The fraction of sp³-hybridized carbons (Fsp3) is 0.571. The molecular weight excluding hydrogens is 230 g/mol. The predicted octanol–water partition coefficient (Wildman–Crippen LogP) is 4.22. The van der Waals surface area contributed by atoms with Crippen molar-refractivity contribution in [1.29, 1.82) is 0 Å². The van der Waals surface area contributed by atoms with Gasteiger partial charge in [-0.3, -0.25) is 0 Å². The zero-order chi connectivity index (χ0) is 14.1. The maximum Gasteiger partial charge on any atom is 0.0820 e. The van der Waals surface area contributed by atoms with Gasteiger partial charge in [-0.25, -0.2) is 0 Å². The molecule has 0 spiro atoms. The first-order chi connectivity index (χ1) is 7.68. The summed E-state index contributed by atoms with van der Waals surface area (Å²) in [4.78, 5) is 0. The molecule has 0 amide bonds. The Labute approximate surface area is 112 Å². The topological polar surface area (TPSA) is 46.2 Å². The maximum absolute atomic E-state index is 8.82. The molecule has 0 atom stereocenters. The summed E-state index contributed by atoms with van der Waals surface area (Å²) in [5.41, 5.74) is 8.39. The second-order valence-electron chi connectivity index (χ2n) is 4.93. The maximum atomic E-state index is 8.82. The van der Waals surface area contributed by atoms with Gasteiger partial charge in [0.1, 0.15) is 0 Å². The largest absolute Gasteiger partial charge is 0.515 e. The van der Waals surface area contributed by atoms with Crippen LogP contribution in [-0.2, 0) is 0 Å². The molecule has 0 aliphatic rings. The Hall–Kier alpha value is -0.830. The van der Waals surface area contributed by atoms with Gasteiger partial charge in [0, 0.05) is 5.70 Å². The molecule has 100 valence electrons. The molecule has 0 radical (unpaired) electrons. The van der Waals surface area contributed by atoms with Crippen molar-refractivity contribution in [2.75, 3.05) is 5.75 Å². The molecule has 2 nitrogen and oxygen atoms in total. The molecular formula is C14H27NOS. The third-order valence-electron chi connectivity index (χ3n) is 1.84. The molecule has 0 bridgehead atoms. The molecule has 0 fully saturated rings. The Bertz CT molecular complexity index is 292. The lowest BCUT2D eigenvalue weighted by atomic mass is 9.85. The minimum absolute atomic E-state index is 0.0326. The highest BCUT2D eigenvalue weighted by atomic mass is 32.1. The lowest BCUT2D eigenvalue weighted by molar-refractivity contribution is 0.468. The van der Waals surface area contributed by atoms with Crippen LogP contribution in [0.1, 0.15) is 41.5 Å². The van der Waals surface area contributed by atoms with Gasteiger partial charge >= 0.3 is 0 Å². The lowest BCUT2D eigenvalue weighted by Gasteiger charge is -2.21. The number of nitrogens with two attached hydrogens (primary N) is 1. The fourth-order valence-electron chi connectivity index (χ4n) is 1.00. The van der Waals surface area contributed by atoms with Gasteiger partial charge in [0.2, 0.25) is 0 Å². The average Bonchev–Trinajstić information content (AvgIpc) is 2.15. The SMILES string of the molecule is CCS.C\C(N)=C/C(=C\C(C)=C\O)C(C)(C)C.